The number of hydrogen-bond donors (Lipinski definition) is 1. The number of thioether (sulfide) groups is 1. The average Bonchev–Trinajstić information content (AvgIpc) is 3.27. The van der Waals surface area contributed by atoms with Crippen molar-refractivity contribution in [1.82, 2.24) is 18.9 Å². The van der Waals surface area contributed by atoms with Crippen LogP contribution in [0.3, 0.4) is 0 Å². The number of benzene rings is 2. The third-order valence-electron chi connectivity index (χ3n) is 6.40. The maximum atomic E-state index is 12.8. The lowest BCUT2D eigenvalue weighted by atomic mass is 10.0. The molecule has 37 heavy (non-hydrogen) atoms. The number of carbonyl (C=O) groups is 1. The Kier molecular flexibility index (Phi) is 7.21. The molecule has 1 aliphatic heterocycles. The molecular formula is C26H29N5O4S2. The van der Waals surface area contributed by atoms with E-state index in [-0.39, 0.29) is 17.2 Å². The molecule has 5 rings (SSSR count). The number of nitrogens with zero attached hydrogens (tertiary/aromatic N) is 4. The quantitative estimate of drug-likeness (QED) is 0.355. The Labute approximate surface area is 220 Å². The second-order valence-electron chi connectivity index (χ2n) is 9.17. The van der Waals surface area contributed by atoms with Crippen molar-refractivity contribution < 1.29 is 17.9 Å². The Bertz CT molecular complexity index is 1580. The van der Waals surface area contributed by atoms with E-state index in [1.807, 2.05) is 6.07 Å². The summed E-state index contributed by atoms with van der Waals surface area (Å²) in [6, 6.07) is 12.6. The van der Waals surface area contributed by atoms with Gasteiger partial charge in [-0.25, -0.2) is 8.42 Å². The molecule has 194 valence electrons. The Balaban J connectivity index is 1.23. The maximum Gasteiger partial charge on any atom is 0.243 e. The van der Waals surface area contributed by atoms with Crippen LogP contribution in [0.1, 0.15) is 23.1 Å². The number of rotatable bonds is 7. The van der Waals surface area contributed by atoms with Gasteiger partial charge in [0.25, 0.3) is 0 Å². The summed E-state index contributed by atoms with van der Waals surface area (Å²) in [6.45, 7) is 7.73. The Morgan fingerprint density at radius 1 is 1.03 bits per heavy atom. The van der Waals surface area contributed by atoms with Crippen LogP contribution in [0.25, 0.3) is 16.6 Å². The lowest BCUT2D eigenvalue weighted by Crippen LogP contribution is -2.40. The van der Waals surface area contributed by atoms with Crippen LogP contribution < -0.4 is 5.32 Å². The highest BCUT2D eigenvalue weighted by Crippen LogP contribution is 2.29. The second kappa shape index (κ2) is 10.4. The fourth-order valence-corrected chi connectivity index (χ4v) is 6.90. The highest BCUT2D eigenvalue weighted by Gasteiger charge is 2.26. The summed E-state index contributed by atoms with van der Waals surface area (Å²) >= 11 is 1.48. The van der Waals surface area contributed by atoms with Crippen molar-refractivity contribution in [3.8, 4) is 0 Å². The number of aryl methyl sites for hydroxylation is 3. The third-order valence-corrected chi connectivity index (χ3v) is 9.25. The van der Waals surface area contributed by atoms with Gasteiger partial charge in [-0.1, -0.05) is 23.4 Å². The minimum Gasteiger partial charge on any atom is -0.379 e. The van der Waals surface area contributed by atoms with Gasteiger partial charge in [0, 0.05) is 36.3 Å². The Morgan fingerprint density at radius 3 is 2.49 bits per heavy atom. The van der Waals surface area contributed by atoms with Crippen LogP contribution in [0.2, 0.25) is 0 Å². The molecule has 0 atom stereocenters. The van der Waals surface area contributed by atoms with E-state index < -0.39 is 10.0 Å². The van der Waals surface area contributed by atoms with Gasteiger partial charge in [0.1, 0.15) is 0 Å². The molecule has 2 aromatic carbocycles. The molecule has 4 aromatic rings. The van der Waals surface area contributed by atoms with Crippen molar-refractivity contribution in [2.24, 2.45) is 0 Å². The van der Waals surface area contributed by atoms with E-state index in [1.165, 1.54) is 39.1 Å². The van der Waals surface area contributed by atoms with Crippen molar-refractivity contribution >= 4 is 49.9 Å². The Morgan fingerprint density at radius 2 is 1.76 bits per heavy atom. The number of sulfonamides is 1. The summed E-state index contributed by atoms with van der Waals surface area (Å²) in [5.74, 6) is 0.369. The van der Waals surface area contributed by atoms with E-state index in [4.69, 9.17) is 4.74 Å². The SMILES string of the molecule is Cc1cc(C)c2c(c1)c(C)cc1nnc(SCCC(=O)Nc3ccc(S(=O)(=O)N4CCOCC4)cc3)n12. The third kappa shape index (κ3) is 5.22. The van der Waals surface area contributed by atoms with Crippen molar-refractivity contribution in [2.75, 3.05) is 37.4 Å². The first kappa shape index (κ1) is 25.7. The summed E-state index contributed by atoms with van der Waals surface area (Å²) < 4.78 is 34.3. The molecule has 0 bridgehead atoms. The first-order valence-corrected chi connectivity index (χ1v) is 14.5. The molecule has 0 saturated carbocycles. The van der Waals surface area contributed by atoms with Crippen LogP contribution in [-0.4, -0.2) is 65.3 Å². The number of anilines is 1. The molecule has 9 nitrogen and oxygen atoms in total. The molecule has 2 aromatic heterocycles. The monoisotopic (exact) mass is 539 g/mol. The number of ether oxygens (including phenoxy) is 1. The fourth-order valence-electron chi connectivity index (χ4n) is 4.61. The molecular weight excluding hydrogens is 510 g/mol. The second-order valence-corrected chi connectivity index (χ2v) is 12.2. The zero-order valence-corrected chi connectivity index (χ0v) is 22.7. The van der Waals surface area contributed by atoms with Crippen molar-refractivity contribution in [3.63, 3.8) is 0 Å². The van der Waals surface area contributed by atoms with Gasteiger partial charge < -0.3 is 10.1 Å². The predicted octanol–water partition coefficient (Wildman–Crippen LogP) is 3.95. The molecule has 1 fully saturated rings. The number of pyridine rings is 1. The summed E-state index contributed by atoms with van der Waals surface area (Å²) in [6.07, 6.45) is 0.273. The van der Waals surface area contributed by atoms with E-state index >= 15 is 0 Å². The van der Waals surface area contributed by atoms with Gasteiger partial charge in [0.2, 0.25) is 15.9 Å². The first-order chi connectivity index (χ1) is 17.7. The van der Waals surface area contributed by atoms with Gasteiger partial charge in [-0.3, -0.25) is 9.20 Å². The topological polar surface area (TPSA) is 106 Å². The van der Waals surface area contributed by atoms with Crippen molar-refractivity contribution in [1.29, 1.82) is 0 Å². The smallest absolute Gasteiger partial charge is 0.243 e. The number of carbonyl (C=O) groups excluding carboxylic acids is 1. The minimum atomic E-state index is -3.57. The van der Waals surface area contributed by atoms with Crippen LogP contribution in [0, 0.1) is 20.8 Å². The molecule has 0 unspecified atom stereocenters. The highest BCUT2D eigenvalue weighted by atomic mass is 32.2. The zero-order chi connectivity index (χ0) is 26.2. The van der Waals surface area contributed by atoms with Gasteiger partial charge in [-0.15, -0.1) is 10.2 Å². The number of amides is 1. The highest BCUT2D eigenvalue weighted by molar-refractivity contribution is 7.99. The number of morpholine rings is 1. The molecule has 0 aliphatic carbocycles. The van der Waals surface area contributed by atoms with Crippen LogP contribution in [0.4, 0.5) is 5.69 Å². The number of aromatic nitrogens is 3. The molecule has 1 saturated heterocycles. The molecule has 1 aliphatic rings. The largest absolute Gasteiger partial charge is 0.379 e. The molecule has 3 heterocycles. The molecule has 0 spiro atoms. The molecule has 1 amide bonds. The van der Waals surface area contributed by atoms with E-state index in [1.54, 1.807) is 12.1 Å². The van der Waals surface area contributed by atoms with Crippen molar-refractivity contribution in [2.45, 2.75) is 37.2 Å². The van der Waals surface area contributed by atoms with E-state index in [2.05, 4.69) is 52.8 Å². The van der Waals surface area contributed by atoms with Crippen molar-refractivity contribution in [3.05, 3.63) is 59.2 Å². The van der Waals surface area contributed by atoms with E-state index in [0.717, 1.165) is 27.4 Å². The van der Waals surface area contributed by atoms with Crippen LogP contribution >= 0.6 is 11.8 Å². The van der Waals surface area contributed by atoms with Crippen LogP contribution in [0.15, 0.2) is 52.5 Å². The van der Waals surface area contributed by atoms with Gasteiger partial charge in [-0.2, -0.15) is 4.31 Å². The lowest BCUT2D eigenvalue weighted by Gasteiger charge is -2.26. The van der Waals surface area contributed by atoms with E-state index in [0.29, 0.717) is 37.7 Å². The van der Waals surface area contributed by atoms with Gasteiger partial charge in [-0.05, 0) is 68.3 Å². The van der Waals surface area contributed by atoms with Gasteiger partial charge >= 0.3 is 0 Å². The molecule has 0 radical (unpaired) electrons. The van der Waals surface area contributed by atoms with Crippen LogP contribution in [-0.2, 0) is 19.6 Å². The molecule has 1 N–H and O–H groups in total. The lowest BCUT2D eigenvalue weighted by molar-refractivity contribution is -0.115. The predicted molar refractivity (Wildman–Crippen MR) is 145 cm³/mol. The maximum absolute atomic E-state index is 12.8. The number of fused-ring (bicyclic) bond motifs is 3. The summed E-state index contributed by atoms with van der Waals surface area (Å²) in [5.41, 5.74) is 5.94. The summed E-state index contributed by atoms with van der Waals surface area (Å²) in [4.78, 5) is 12.8. The average molecular weight is 540 g/mol. The Hall–Kier alpha value is -2.99. The number of nitrogens with one attached hydrogen (secondary N) is 1. The standard InChI is InChI=1S/C26H29N5O4S2/c1-17-14-19(3)25-22(15-17)18(2)16-23-28-29-26(31(23)25)36-13-8-24(32)27-20-4-6-21(7-5-20)37(33,34)30-9-11-35-12-10-30/h4-7,14-16H,8-13H2,1-3H3,(H,27,32). The fraction of sp³-hybridized carbons (Fsp3) is 0.346. The van der Waals surface area contributed by atoms with Gasteiger partial charge in [0.15, 0.2) is 10.8 Å². The summed E-state index contributed by atoms with van der Waals surface area (Å²) in [5, 5.41) is 13.5. The molecule has 11 heteroatoms. The number of hydrogen-bond acceptors (Lipinski definition) is 7. The minimum absolute atomic E-state index is 0.155. The van der Waals surface area contributed by atoms with Crippen LogP contribution in [0.5, 0.6) is 0 Å². The zero-order valence-electron chi connectivity index (χ0n) is 21.0. The van der Waals surface area contributed by atoms with Gasteiger partial charge in [0.05, 0.1) is 23.6 Å². The first-order valence-electron chi connectivity index (χ1n) is 12.1. The summed E-state index contributed by atoms with van der Waals surface area (Å²) in [7, 11) is -3.57. The normalized spacial score (nSPS) is 14.9. The van der Waals surface area contributed by atoms with E-state index in [9.17, 15) is 13.2 Å².